The van der Waals surface area contributed by atoms with Crippen LogP contribution in [0.4, 0.5) is 5.95 Å². The molecule has 8 nitrogen and oxygen atoms in total. The molecule has 0 aromatic carbocycles. The summed E-state index contributed by atoms with van der Waals surface area (Å²) in [5, 5.41) is 0. The normalized spacial score (nSPS) is 22.9. The van der Waals surface area contributed by atoms with Crippen molar-refractivity contribution in [2.45, 2.75) is 32.2 Å². The predicted octanol–water partition coefficient (Wildman–Crippen LogP) is 2.16. The summed E-state index contributed by atoms with van der Waals surface area (Å²) in [6, 6.07) is 3.96. The van der Waals surface area contributed by atoms with Gasteiger partial charge in [-0.2, -0.15) is 4.98 Å². The lowest BCUT2D eigenvalue weighted by atomic mass is 9.73. The molecule has 5 heterocycles. The van der Waals surface area contributed by atoms with E-state index < -0.39 is 0 Å². The third kappa shape index (κ3) is 3.19. The Morgan fingerprint density at radius 3 is 2.93 bits per heavy atom. The summed E-state index contributed by atoms with van der Waals surface area (Å²) < 4.78 is 0. The van der Waals surface area contributed by atoms with Gasteiger partial charge in [0.25, 0.3) is 0 Å². The van der Waals surface area contributed by atoms with E-state index in [1.54, 1.807) is 24.9 Å². The van der Waals surface area contributed by atoms with Crippen LogP contribution in [0.2, 0.25) is 0 Å². The van der Waals surface area contributed by atoms with E-state index >= 15 is 0 Å². The summed E-state index contributed by atoms with van der Waals surface area (Å²) >= 11 is 0. The average molecular weight is 377 g/mol. The van der Waals surface area contributed by atoms with Crippen LogP contribution in [0.5, 0.6) is 0 Å². The molecule has 1 unspecified atom stereocenters. The van der Waals surface area contributed by atoms with E-state index in [0.29, 0.717) is 18.6 Å². The molecule has 1 amide bonds. The number of nitrogens with zero attached hydrogens (tertiary/aromatic N) is 6. The molecule has 5 rings (SSSR count). The quantitative estimate of drug-likeness (QED) is 0.752. The Kier molecular flexibility index (Phi) is 4.18. The van der Waals surface area contributed by atoms with Crippen molar-refractivity contribution in [3.05, 3.63) is 42.6 Å². The third-order valence-electron chi connectivity index (χ3n) is 5.98. The van der Waals surface area contributed by atoms with Gasteiger partial charge in [-0.25, -0.2) is 9.97 Å². The highest BCUT2D eigenvalue weighted by atomic mass is 16.2. The summed E-state index contributed by atoms with van der Waals surface area (Å²) in [5.74, 6) is 0.977. The fourth-order valence-electron chi connectivity index (χ4n) is 4.55. The zero-order valence-electron chi connectivity index (χ0n) is 15.7. The number of nitrogens with one attached hydrogen (secondary N) is 1. The molecule has 0 radical (unpaired) electrons. The van der Waals surface area contributed by atoms with Crippen LogP contribution in [0.25, 0.3) is 11.2 Å². The Morgan fingerprint density at radius 2 is 2.04 bits per heavy atom. The fourth-order valence-corrected chi connectivity index (χ4v) is 4.55. The van der Waals surface area contributed by atoms with Crippen LogP contribution in [0.1, 0.15) is 31.2 Å². The van der Waals surface area contributed by atoms with E-state index in [-0.39, 0.29) is 11.3 Å². The molecule has 144 valence electrons. The largest absolute Gasteiger partial charge is 0.342 e. The molecule has 0 bridgehead atoms. The van der Waals surface area contributed by atoms with Gasteiger partial charge >= 0.3 is 0 Å². The van der Waals surface area contributed by atoms with Gasteiger partial charge in [0.1, 0.15) is 5.52 Å². The lowest BCUT2D eigenvalue weighted by Crippen LogP contribution is -2.54. The number of hydrogen-bond donors (Lipinski definition) is 1. The third-order valence-corrected chi connectivity index (χ3v) is 5.98. The van der Waals surface area contributed by atoms with Crippen molar-refractivity contribution < 1.29 is 4.79 Å². The molecule has 1 spiro atoms. The molecule has 2 fully saturated rings. The number of amides is 1. The van der Waals surface area contributed by atoms with Crippen LogP contribution < -0.4 is 4.90 Å². The number of carbonyl (C=O) groups excluding carboxylic acids is 1. The smallest absolute Gasteiger partial charge is 0.227 e. The van der Waals surface area contributed by atoms with Gasteiger partial charge in [-0.3, -0.25) is 9.78 Å². The summed E-state index contributed by atoms with van der Waals surface area (Å²) in [6.45, 7) is 3.26. The first-order valence-electron chi connectivity index (χ1n) is 9.79. The van der Waals surface area contributed by atoms with Gasteiger partial charge in [-0.15, -0.1) is 0 Å². The first-order chi connectivity index (χ1) is 13.7. The van der Waals surface area contributed by atoms with Gasteiger partial charge < -0.3 is 14.8 Å². The van der Waals surface area contributed by atoms with Gasteiger partial charge in [0.15, 0.2) is 5.65 Å². The Hall–Kier alpha value is -3.03. The van der Waals surface area contributed by atoms with Crippen LogP contribution in [0, 0.1) is 5.41 Å². The first-order valence-corrected chi connectivity index (χ1v) is 9.79. The number of H-pyrrole nitrogens is 1. The number of imidazole rings is 1. The van der Waals surface area contributed by atoms with Crippen LogP contribution in [0.15, 0.2) is 37.1 Å². The Labute approximate surface area is 163 Å². The topological polar surface area (TPSA) is 90.9 Å². The molecule has 2 aliphatic heterocycles. The molecule has 8 heteroatoms. The average Bonchev–Trinajstić information content (AvgIpc) is 3.20. The van der Waals surface area contributed by atoms with Gasteiger partial charge in [0, 0.05) is 50.4 Å². The second-order valence-corrected chi connectivity index (χ2v) is 7.94. The monoisotopic (exact) mass is 377 g/mol. The maximum atomic E-state index is 12.6. The minimum Gasteiger partial charge on any atom is -0.342 e. The number of rotatable bonds is 3. The molecule has 1 atom stereocenters. The highest BCUT2D eigenvalue weighted by Gasteiger charge is 2.42. The minimum atomic E-state index is 0.100. The van der Waals surface area contributed by atoms with Crippen LogP contribution in [-0.2, 0) is 11.3 Å². The number of aromatic nitrogens is 5. The van der Waals surface area contributed by atoms with E-state index in [1.807, 2.05) is 17.0 Å². The van der Waals surface area contributed by atoms with E-state index in [1.165, 1.54) is 0 Å². The number of hydrogen-bond acceptors (Lipinski definition) is 6. The van der Waals surface area contributed by atoms with Crippen molar-refractivity contribution in [1.82, 2.24) is 29.8 Å². The lowest BCUT2D eigenvalue weighted by molar-refractivity contribution is -0.138. The molecular formula is C20H23N7O. The summed E-state index contributed by atoms with van der Waals surface area (Å²) in [4.78, 5) is 37.4. The number of pyridine rings is 1. The van der Waals surface area contributed by atoms with Crippen molar-refractivity contribution in [1.29, 1.82) is 0 Å². The Bertz CT molecular complexity index is 988. The van der Waals surface area contributed by atoms with Crippen molar-refractivity contribution >= 4 is 23.0 Å². The standard InChI is InChI=1S/C20H23N7O/c28-17-2-6-20(13-27(17)11-15-3-7-21-8-4-15)5-1-9-26(12-20)19-22-10-16-18(25-19)24-14-23-16/h3-4,7-8,10,14H,1-2,5-6,9,11-13H2,(H,22,23,24,25). The van der Waals surface area contributed by atoms with Crippen LogP contribution in [-0.4, -0.2) is 55.4 Å². The molecule has 2 aliphatic rings. The maximum absolute atomic E-state index is 12.6. The number of anilines is 1. The van der Waals surface area contributed by atoms with Crippen molar-refractivity contribution in [2.24, 2.45) is 5.41 Å². The molecule has 0 saturated carbocycles. The summed E-state index contributed by atoms with van der Waals surface area (Å²) in [7, 11) is 0. The zero-order valence-corrected chi connectivity index (χ0v) is 15.7. The van der Waals surface area contributed by atoms with Gasteiger partial charge in [-0.1, -0.05) is 0 Å². The number of carbonyl (C=O) groups is 1. The second kappa shape index (κ2) is 6.85. The van der Waals surface area contributed by atoms with Crippen LogP contribution >= 0.6 is 0 Å². The molecule has 3 aromatic heterocycles. The highest BCUT2D eigenvalue weighted by molar-refractivity contribution is 5.77. The van der Waals surface area contributed by atoms with E-state index in [9.17, 15) is 4.79 Å². The van der Waals surface area contributed by atoms with E-state index in [0.717, 1.165) is 55.9 Å². The number of fused-ring (bicyclic) bond motifs is 1. The number of aromatic amines is 1. The van der Waals surface area contributed by atoms with Gasteiger partial charge in [-0.05, 0) is 37.0 Å². The zero-order chi connectivity index (χ0) is 19.0. The fraction of sp³-hybridized carbons (Fsp3) is 0.450. The SMILES string of the molecule is O=C1CCC2(CCCN(c3ncc4[nH]cnc4n3)C2)CN1Cc1ccncc1. The molecule has 28 heavy (non-hydrogen) atoms. The number of likely N-dealkylation sites (tertiary alicyclic amines) is 1. The molecular weight excluding hydrogens is 354 g/mol. The molecule has 0 aliphatic carbocycles. The molecule has 3 aromatic rings. The molecule has 2 saturated heterocycles. The lowest BCUT2D eigenvalue weighted by Gasteiger charge is -2.48. The number of piperidine rings is 2. The predicted molar refractivity (Wildman–Crippen MR) is 104 cm³/mol. The van der Waals surface area contributed by atoms with Crippen molar-refractivity contribution in [2.75, 3.05) is 24.5 Å². The Morgan fingerprint density at radius 1 is 1.14 bits per heavy atom. The van der Waals surface area contributed by atoms with Crippen molar-refractivity contribution in [3.63, 3.8) is 0 Å². The maximum Gasteiger partial charge on any atom is 0.227 e. The Balaban J connectivity index is 1.35. The highest BCUT2D eigenvalue weighted by Crippen LogP contribution is 2.40. The van der Waals surface area contributed by atoms with E-state index in [2.05, 4.69) is 29.8 Å². The van der Waals surface area contributed by atoms with Crippen molar-refractivity contribution in [3.8, 4) is 0 Å². The summed E-state index contributed by atoms with van der Waals surface area (Å²) in [6.07, 6.45) is 10.8. The summed E-state index contributed by atoms with van der Waals surface area (Å²) in [5.41, 5.74) is 2.77. The van der Waals surface area contributed by atoms with Gasteiger partial charge in [0.2, 0.25) is 11.9 Å². The first kappa shape index (κ1) is 17.1. The second-order valence-electron chi connectivity index (χ2n) is 7.94. The van der Waals surface area contributed by atoms with E-state index in [4.69, 9.17) is 0 Å². The van der Waals surface area contributed by atoms with Gasteiger partial charge in [0.05, 0.1) is 12.5 Å². The minimum absolute atomic E-state index is 0.100. The van der Waals surface area contributed by atoms with Crippen LogP contribution in [0.3, 0.4) is 0 Å². The molecule has 1 N–H and O–H groups in total.